The zero-order valence-electron chi connectivity index (χ0n) is 14.4. The number of likely N-dealkylation sites (N-methyl/N-ethyl adjacent to an activating group) is 1. The fraction of sp³-hybridized carbons (Fsp3) is 0.300. The number of nitrogens with one attached hydrogen (secondary N) is 1. The summed E-state index contributed by atoms with van der Waals surface area (Å²) in [6, 6.07) is 10.9. The lowest BCUT2D eigenvalue weighted by Gasteiger charge is -2.28. The minimum atomic E-state index is -0.309. The molecule has 3 nitrogen and oxygen atoms in total. The summed E-state index contributed by atoms with van der Waals surface area (Å²) in [5.74, 6) is -0.124. The van der Waals surface area contributed by atoms with Gasteiger partial charge in [0.15, 0.2) is 0 Å². The zero-order chi connectivity index (χ0) is 17.8. The standard InChI is InChI=1S/C20H22F2N2O/c1-24(2)10-9-23-12-15-13-25-19-8-7-17(22)11-18(19)20(15)14-3-5-16(21)6-4-14/h3-8,11,13,20,23H,9-10,12H2,1-2H3. The van der Waals surface area contributed by atoms with Gasteiger partial charge in [-0.15, -0.1) is 0 Å². The number of ether oxygens (including phenoxy) is 1. The molecule has 2 aromatic carbocycles. The topological polar surface area (TPSA) is 24.5 Å². The Morgan fingerprint density at radius 2 is 1.76 bits per heavy atom. The average molecular weight is 344 g/mol. The van der Waals surface area contributed by atoms with Crippen LogP contribution in [0.5, 0.6) is 5.75 Å². The summed E-state index contributed by atoms with van der Waals surface area (Å²) < 4.78 is 32.8. The van der Waals surface area contributed by atoms with Crippen molar-refractivity contribution in [3.05, 3.63) is 77.1 Å². The van der Waals surface area contributed by atoms with Crippen LogP contribution in [0.3, 0.4) is 0 Å². The van der Waals surface area contributed by atoms with Crippen LogP contribution in [-0.2, 0) is 0 Å². The third-order valence-corrected chi connectivity index (χ3v) is 4.26. The van der Waals surface area contributed by atoms with E-state index in [1.165, 1.54) is 24.3 Å². The van der Waals surface area contributed by atoms with Crippen molar-refractivity contribution in [1.29, 1.82) is 0 Å². The Labute approximate surface area is 146 Å². The van der Waals surface area contributed by atoms with Gasteiger partial charge in [0.1, 0.15) is 17.4 Å². The van der Waals surface area contributed by atoms with E-state index in [2.05, 4.69) is 10.2 Å². The molecule has 0 saturated carbocycles. The number of rotatable bonds is 6. The third-order valence-electron chi connectivity index (χ3n) is 4.26. The van der Waals surface area contributed by atoms with Gasteiger partial charge in [0.25, 0.3) is 0 Å². The highest BCUT2D eigenvalue weighted by Crippen LogP contribution is 2.40. The summed E-state index contributed by atoms with van der Waals surface area (Å²) in [4.78, 5) is 2.10. The van der Waals surface area contributed by atoms with Crippen LogP contribution in [0.25, 0.3) is 0 Å². The number of fused-ring (bicyclic) bond motifs is 1. The first kappa shape index (κ1) is 17.6. The lowest BCUT2D eigenvalue weighted by atomic mass is 9.83. The van der Waals surface area contributed by atoms with E-state index in [1.54, 1.807) is 24.5 Å². The Morgan fingerprint density at radius 1 is 1.04 bits per heavy atom. The van der Waals surface area contributed by atoms with Crippen molar-refractivity contribution in [3.63, 3.8) is 0 Å². The summed E-state index contributed by atoms with van der Waals surface area (Å²) >= 11 is 0. The van der Waals surface area contributed by atoms with Crippen LogP contribution in [0, 0.1) is 11.6 Å². The smallest absolute Gasteiger partial charge is 0.130 e. The van der Waals surface area contributed by atoms with E-state index in [9.17, 15) is 8.78 Å². The number of nitrogens with zero attached hydrogens (tertiary/aromatic N) is 1. The molecule has 1 unspecified atom stereocenters. The van der Waals surface area contributed by atoms with Gasteiger partial charge < -0.3 is 15.0 Å². The minimum Gasteiger partial charge on any atom is -0.465 e. The Bertz CT molecular complexity index is 757. The van der Waals surface area contributed by atoms with Crippen molar-refractivity contribution in [2.75, 3.05) is 33.7 Å². The Hall–Kier alpha value is -2.24. The van der Waals surface area contributed by atoms with Gasteiger partial charge in [-0.1, -0.05) is 12.1 Å². The molecule has 2 aromatic rings. The van der Waals surface area contributed by atoms with Gasteiger partial charge in [0, 0.05) is 31.1 Å². The fourth-order valence-corrected chi connectivity index (χ4v) is 2.99. The van der Waals surface area contributed by atoms with Gasteiger partial charge in [-0.3, -0.25) is 0 Å². The average Bonchev–Trinajstić information content (AvgIpc) is 2.59. The lowest BCUT2D eigenvalue weighted by Crippen LogP contribution is -2.30. The molecule has 0 amide bonds. The van der Waals surface area contributed by atoms with Crippen molar-refractivity contribution in [2.24, 2.45) is 0 Å². The summed E-state index contributed by atoms with van der Waals surface area (Å²) in [5.41, 5.74) is 2.67. The first-order valence-corrected chi connectivity index (χ1v) is 8.30. The SMILES string of the molecule is CN(C)CCNCC1=COc2ccc(F)cc2C1c1ccc(F)cc1. The zero-order valence-corrected chi connectivity index (χ0v) is 14.4. The molecule has 1 atom stereocenters. The van der Waals surface area contributed by atoms with Crippen LogP contribution >= 0.6 is 0 Å². The van der Waals surface area contributed by atoms with E-state index in [1.807, 2.05) is 14.1 Å². The van der Waals surface area contributed by atoms with Crippen LogP contribution in [-0.4, -0.2) is 38.6 Å². The molecular formula is C20H22F2N2O. The van der Waals surface area contributed by atoms with Gasteiger partial charge in [0.2, 0.25) is 0 Å². The lowest BCUT2D eigenvalue weighted by molar-refractivity contribution is 0.399. The summed E-state index contributed by atoms with van der Waals surface area (Å²) in [6.07, 6.45) is 1.72. The van der Waals surface area contributed by atoms with Gasteiger partial charge in [-0.05, 0) is 55.6 Å². The van der Waals surface area contributed by atoms with Gasteiger partial charge >= 0.3 is 0 Å². The molecule has 1 aliphatic rings. The molecule has 0 saturated heterocycles. The molecule has 5 heteroatoms. The molecule has 3 rings (SSSR count). The molecule has 0 fully saturated rings. The molecule has 1 aliphatic heterocycles. The summed E-state index contributed by atoms with van der Waals surface area (Å²) in [5, 5.41) is 3.39. The molecule has 25 heavy (non-hydrogen) atoms. The van der Waals surface area contributed by atoms with Gasteiger partial charge in [-0.2, -0.15) is 0 Å². The van der Waals surface area contributed by atoms with Gasteiger partial charge in [0.05, 0.1) is 6.26 Å². The van der Waals surface area contributed by atoms with E-state index < -0.39 is 0 Å². The summed E-state index contributed by atoms with van der Waals surface area (Å²) in [6.45, 7) is 2.36. The highest BCUT2D eigenvalue weighted by Gasteiger charge is 2.27. The molecular weight excluding hydrogens is 322 g/mol. The quantitative estimate of drug-likeness (QED) is 0.812. The van der Waals surface area contributed by atoms with Crippen LogP contribution < -0.4 is 10.1 Å². The van der Waals surface area contributed by atoms with E-state index in [0.717, 1.165) is 29.8 Å². The first-order valence-electron chi connectivity index (χ1n) is 8.30. The van der Waals surface area contributed by atoms with Gasteiger partial charge in [-0.25, -0.2) is 8.78 Å². The molecule has 0 aromatic heterocycles. The van der Waals surface area contributed by atoms with E-state index in [-0.39, 0.29) is 17.6 Å². The number of hydrogen-bond donors (Lipinski definition) is 1. The second kappa shape index (κ2) is 7.76. The molecule has 0 radical (unpaired) electrons. The maximum Gasteiger partial charge on any atom is 0.130 e. The van der Waals surface area contributed by atoms with Crippen molar-refractivity contribution < 1.29 is 13.5 Å². The van der Waals surface area contributed by atoms with Crippen LogP contribution in [0.4, 0.5) is 8.78 Å². The molecule has 132 valence electrons. The maximum absolute atomic E-state index is 13.8. The predicted molar refractivity (Wildman–Crippen MR) is 94.8 cm³/mol. The third kappa shape index (κ3) is 4.24. The number of hydrogen-bond acceptors (Lipinski definition) is 3. The van der Waals surface area contributed by atoms with E-state index >= 15 is 0 Å². The first-order chi connectivity index (χ1) is 12.0. The second-order valence-corrected chi connectivity index (χ2v) is 6.46. The molecule has 1 heterocycles. The highest BCUT2D eigenvalue weighted by atomic mass is 19.1. The maximum atomic E-state index is 13.8. The van der Waals surface area contributed by atoms with Crippen LogP contribution in [0.15, 0.2) is 54.3 Å². The van der Waals surface area contributed by atoms with Crippen LogP contribution in [0.2, 0.25) is 0 Å². The van der Waals surface area contributed by atoms with Crippen molar-refractivity contribution in [1.82, 2.24) is 10.2 Å². The largest absolute Gasteiger partial charge is 0.465 e. The number of benzene rings is 2. The van der Waals surface area contributed by atoms with Crippen molar-refractivity contribution >= 4 is 0 Å². The Morgan fingerprint density at radius 3 is 2.48 bits per heavy atom. The molecule has 1 N–H and O–H groups in total. The highest BCUT2D eigenvalue weighted by molar-refractivity contribution is 5.50. The van der Waals surface area contributed by atoms with Crippen molar-refractivity contribution in [3.8, 4) is 5.75 Å². The second-order valence-electron chi connectivity index (χ2n) is 6.46. The Balaban J connectivity index is 1.88. The van der Waals surface area contributed by atoms with E-state index in [4.69, 9.17) is 4.74 Å². The summed E-state index contributed by atoms with van der Waals surface area (Å²) in [7, 11) is 4.04. The minimum absolute atomic E-state index is 0.160. The monoisotopic (exact) mass is 344 g/mol. The van der Waals surface area contributed by atoms with Crippen LogP contribution in [0.1, 0.15) is 17.0 Å². The normalized spacial score (nSPS) is 16.4. The Kier molecular flexibility index (Phi) is 5.46. The molecule has 0 aliphatic carbocycles. The molecule has 0 bridgehead atoms. The number of halogens is 2. The van der Waals surface area contributed by atoms with Crippen molar-refractivity contribution in [2.45, 2.75) is 5.92 Å². The predicted octanol–water partition coefficient (Wildman–Crippen LogP) is 3.52. The van der Waals surface area contributed by atoms with E-state index in [0.29, 0.717) is 12.3 Å². The molecule has 0 spiro atoms. The fourth-order valence-electron chi connectivity index (χ4n) is 2.99.